The minimum absolute atomic E-state index is 0.0316. The summed E-state index contributed by atoms with van der Waals surface area (Å²) in [5.74, 6) is -0.750. The molecular weight excluding hydrogens is 512 g/mol. The number of rotatable bonds is 6. The number of carbonyl (C=O) groups excluding carboxylic acids is 3. The van der Waals surface area contributed by atoms with E-state index in [2.05, 4.69) is 24.0 Å². The molecular formula is C34H28N4O3. The summed E-state index contributed by atoms with van der Waals surface area (Å²) in [5, 5.41) is 28.3. The minimum atomic E-state index is -0.540. The van der Waals surface area contributed by atoms with E-state index in [1.807, 2.05) is 39.8 Å². The second kappa shape index (κ2) is 10.0. The van der Waals surface area contributed by atoms with E-state index in [-0.39, 0.29) is 23.4 Å². The molecule has 1 N–H and O–H groups in total. The molecule has 0 saturated carbocycles. The first-order valence-electron chi connectivity index (χ1n) is 13.3. The lowest BCUT2D eigenvalue weighted by molar-refractivity contribution is -0.108. The zero-order valence-electron chi connectivity index (χ0n) is 23.5. The number of nitrogens with one attached hydrogen (secondary N) is 1. The maximum atomic E-state index is 13.8. The van der Waals surface area contributed by atoms with Gasteiger partial charge < -0.3 is 4.90 Å². The van der Waals surface area contributed by atoms with Crippen LogP contribution in [0.4, 0.5) is 0 Å². The quantitative estimate of drug-likeness (QED) is 0.148. The molecule has 0 aliphatic carbocycles. The molecule has 0 aliphatic rings. The van der Waals surface area contributed by atoms with Crippen molar-refractivity contribution in [1.82, 2.24) is 10.2 Å². The van der Waals surface area contributed by atoms with Gasteiger partial charge in [0.25, 0.3) is 11.8 Å². The summed E-state index contributed by atoms with van der Waals surface area (Å²) in [6, 6.07) is 15.2. The fraction of sp³-hybridized carbons (Fsp3) is 0.206. The normalized spacial score (nSPS) is 11.3. The first kappa shape index (κ1) is 27.3. The zero-order chi connectivity index (χ0) is 29.7. The highest BCUT2D eigenvalue weighted by Gasteiger charge is 2.28. The molecule has 0 aromatic heterocycles. The van der Waals surface area contributed by atoms with Crippen molar-refractivity contribution < 1.29 is 14.4 Å². The first-order valence-corrected chi connectivity index (χ1v) is 13.3. The molecule has 41 heavy (non-hydrogen) atoms. The molecule has 0 spiro atoms. The zero-order valence-corrected chi connectivity index (χ0v) is 23.5. The fourth-order valence-corrected chi connectivity index (χ4v) is 5.90. The summed E-state index contributed by atoms with van der Waals surface area (Å²) in [7, 11) is 1.72. The molecule has 0 fully saturated rings. The number of hydrogen-bond acceptors (Lipinski definition) is 5. The lowest BCUT2D eigenvalue weighted by atomic mass is 9.80. The molecule has 0 radical (unpaired) electrons. The van der Waals surface area contributed by atoms with Crippen LogP contribution in [-0.2, 0) is 4.79 Å². The Labute approximate surface area is 237 Å². The van der Waals surface area contributed by atoms with Crippen LogP contribution < -0.4 is 5.32 Å². The van der Waals surface area contributed by atoms with Crippen molar-refractivity contribution in [2.24, 2.45) is 0 Å². The molecule has 0 heterocycles. The van der Waals surface area contributed by atoms with Crippen LogP contribution in [-0.4, -0.2) is 36.2 Å². The molecule has 202 valence electrons. The third-order valence-electron chi connectivity index (χ3n) is 8.01. The van der Waals surface area contributed by atoms with Gasteiger partial charge in [-0.2, -0.15) is 10.5 Å². The van der Waals surface area contributed by atoms with Crippen molar-refractivity contribution in [2.45, 2.75) is 39.7 Å². The number of fused-ring (bicyclic) bond motifs is 2. The lowest BCUT2D eigenvalue weighted by Crippen LogP contribution is -2.33. The Balaban J connectivity index is 2.17. The number of nitrogens with zero attached hydrogens (tertiary/aromatic N) is 3. The fourth-order valence-electron chi connectivity index (χ4n) is 5.90. The van der Waals surface area contributed by atoms with Crippen molar-refractivity contribution >= 4 is 67.4 Å². The highest BCUT2D eigenvalue weighted by Crippen LogP contribution is 2.47. The molecule has 5 rings (SSSR count). The van der Waals surface area contributed by atoms with Gasteiger partial charge in [0.05, 0.1) is 23.3 Å². The molecule has 0 atom stereocenters. The van der Waals surface area contributed by atoms with Gasteiger partial charge in [0.1, 0.15) is 0 Å². The Kier molecular flexibility index (Phi) is 6.69. The molecule has 7 nitrogen and oxygen atoms in total. The van der Waals surface area contributed by atoms with Crippen molar-refractivity contribution in [3.05, 3.63) is 76.4 Å². The van der Waals surface area contributed by atoms with E-state index in [9.17, 15) is 24.9 Å². The second-order valence-electron chi connectivity index (χ2n) is 10.8. The third kappa shape index (κ3) is 3.90. The monoisotopic (exact) mass is 540 g/mol. The molecule has 0 unspecified atom stereocenters. The van der Waals surface area contributed by atoms with Crippen LogP contribution in [0.2, 0.25) is 0 Å². The van der Waals surface area contributed by atoms with Gasteiger partial charge in [-0.05, 0) is 70.6 Å². The summed E-state index contributed by atoms with van der Waals surface area (Å²) < 4.78 is 0. The van der Waals surface area contributed by atoms with E-state index >= 15 is 0 Å². The minimum Gasteiger partial charge on any atom is -0.339 e. The number of imide groups is 1. The Bertz CT molecular complexity index is 2020. The van der Waals surface area contributed by atoms with Crippen molar-refractivity contribution in [3.8, 4) is 12.1 Å². The number of amides is 3. The SMILES string of the molecule is C=Cc1cc(C#N)c2c3ccc(C(C)C)c4c(C(=O)NC=O)ccc(c5c(C#N)cc(C(=O)N(C)C(C)C)c1c25)c43. The average molecular weight is 541 g/mol. The predicted molar refractivity (Wildman–Crippen MR) is 162 cm³/mol. The van der Waals surface area contributed by atoms with Crippen molar-refractivity contribution in [3.63, 3.8) is 0 Å². The van der Waals surface area contributed by atoms with Crippen molar-refractivity contribution in [2.75, 3.05) is 7.05 Å². The summed E-state index contributed by atoms with van der Waals surface area (Å²) in [6.45, 7) is 11.8. The van der Waals surface area contributed by atoms with Gasteiger partial charge in [-0.25, -0.2) is 0 Å². The van der Waals surface area contributed by atoms with Gasteiger partial charge in [-0.1, -0.05) is 44.7 Å². The van der Waals surface area contributed by atoms with E-state index in [0.29, 0.717) is 55.6 Å². The molecule has 5 aromatic rings. The molecule has 3 amide bonds. The Hall–Kier alpha value is -5.27. The second-order valence-corrected chi connectivity index (χ2v) is 10.8. The van der Waals surface area contributed by atoms with Crippen LogP contribution in [0.3, 0.4) is 0 Å². The summed E-state index contributed by atoms with van der Waals surface area (Å²) >= 11 is 0. The van der Waals surface area contributed by atoms with Gasteiger partial charge in [-0.3, -0.25) is 19.7 Å². The Morgan fingerprint density at radius 3 is 2.00 bits per heavy atom. The molecule has 0 aliphatic heterocycles. The highest BCUT2D eigenvalue weighted by molar-refractivity contribution is 6.38. The summed E-state index contributed by atoms with van der Waals surface area (Å²) in [5.41, 5.74) is 2.85. The Morgan fingerprint density at radius 2 is 1.46 bits per heavy atom. The van der Waals surface area contributed by atoms with Crippen LogP contribution >= 0.6 is 0 Å². The predicted octanol–water partition coefficient (Wildman–Crippen LogP) is 6.61. The summed E-state index contributed by atoms with van der Waals surface area (Å²) in [6.07, 6.45) is 1.98. The van der Waals surface area contributed by atoms with Gasteiger partial charge in [0.15, 0.2) is 0 Å². The molecule has 0 saturated heterocycles. The molecule has 5 aromatic carbocycles. The van der Waals surface area contributed by atoms with Gasteiger partial charge in [0.2, 0.25) is 6.41 Å². The van der Waals surface area contributed by atoms with E-state index in [4.69, 9.17) is 0 Å². The van der Waals surface area contributed by atoms with E-state index in [1.165, 1.54) is 0 Å². The van der Waals surface area contributed by atoms with Crippen LogP contribution in [0.25, 0.3) is 49.2 Å². The van der Waals surface area contributed by atoms with E-state index < -0.39 is 5.91 Å². The highest BCUT2D eigenvalue weighted by atomic mass is 16.2. The number of hydrogen-bond donors (Lipinski definition) is 1. The lowest BCUT2D eigenvalue weighted by Gasteiger charge is -2.25. The van der Waals surface area contributed by atoms with Gasteiger partial charge >= 0.3 is 0 Å². The van der Waals surface area contributed by atoms with E-state index in [1.54, 1.807) is 42.3 Å². The topological polar surface area (TPSA) is 114 Å². The van der Waals surface area contributed by atoms with Crippen LogP contribution in [0.15, 0.2) is 43.0 Å². The number of nitriles is 2. The standard InChI is InChI=1S/C34H28N4O3/c1-7-19-12-20(14-35)28-23-9-8-22(17(2)3)30-25(33(40)37-16-39)11-10-24(31(23)30)29-21(15-36)13-26(27(19)32(28)29)34(41)38(6)18(4)5/h7-13,16-18H,1H2,2-6H3,(H,37,39,40). The number of carbonyl (C=O) groups is 3. The molecule has 7 heteroatoms. The van der Waals surface area contributed by atoms with Gasteiger partial charge in [-0.15, -0.1) is 0 Å². The maximum absolute atomic E-state index is 13.8. The smallest absolute Gasteiger partial charge is 0.258 e. The maximum Gasteiger partial charge on any atom is 0.258 e. The summed E-state index contributed by atoms with van der Waals surface area (Å²) in [4.78, 5) is 39.7. The first-order chi connectivity index (χ1) is 19.6. The van der Waals surface area contributed by atoms with Crippen LogP contribution in [0.5, 0.6) is 0 Å². The molecule has 0 bridgehead atoms. The third-order valence-corrected chi connectivity index (χ3v) is 8.01. The average Bonchev–Trinajstić information content (AvgIpc) is 2.97. The van der Waals surface area contributed by atoms with Crippen LogP contribution in [0.1, 0.15) is 76.6 Å². The Morgan fingerprint density at radius 1 is 0.854 bits per heavy atom. The van der Waals surface area contributed by atoms with Crippen LogP contribution in [0, 0.1) is 22.7 Å². The largest absolute Gasteiger partial charge is 0.339 e. The number of benzene rings is 5. The van der Waals surface area contributed by atoms with E-state index in [0.717, 1.165) is 21.7 Å². The van der Waals surface area contributed by atoms with Gasteiger partial charge in [0, 0.05) is 45.8 Å². The van der Waals surface area contributed by atoms with Crippen molar-refractivity contribution in [1.29, 1.82) is 10.5 Å².